The maximum absolute atomic E-state index is 10.6. The fourth-order valence-electron chi connectivity index (χ4n) is 0.973. The van der Waals surface area contributed by atoms with Crippen LogP contribution in [0.3, 0.4) is 0 Å². The van der Waals surface area contributed by atoms with Crippen molar-refractivity contribution in [3.8, 4) is 0 Å². The van der Waals surface area contributed by atoms with Crippen molar-refractivity contribution in [3.63, 3.8) is 0 Å². The van der Waals surface area contributed by atoms with Crippen molar-refractivity contribution in [2.24, 2.45) is 5.73 Å². The largest absolute Gasteiger partial charge is 0.480 e. The van der Waals surface area contributed by atoms with Crippen molar-refractivity contribution in [1.82, 2.24) is 0 Å². The van der Waals surface area contributed by atoms with Crippen LogP contribution in [0.5, 0.6) is 0 Å². The predicted octanol–water partition coefficient (Wildman–Crippen LogP) is 1.17. The summed E-state index contributed by atoms with van der Waals surface area (Å²) in [6.45, 7) is 3.32. The second-order valence-electron chi connectivity index (χ2n) is 4.32. The quantitative estimate of drug-likeness (QED) is 0.333. The lowest BCUT2D eigenvalue weighted by Crippen LogP contribution is -2.45. The third-order valence-corrected chi connectivity index (χ3v) is 2.47. The van der Waals surface area contributed by atoms with E-state index in [1.54, 1.807) is 44.2 Å². The Hall–Kier alpha value is -1.66. The molecule has 5 nitrogen and oxygen atoms in total. The topological polar surface area (TPSA) is 97.5 Å². The third kappa shape index (κ3) is 6.73. The van der Waals surface area contributed by atoms with Crippen molar-refractivity contribution < 1.29 is 19.5 Å². The normalized spacial score (nSPS) is 11.8. The molecule has 0 aromatic heterocycles. The molecule has 6 heteroatoms. The van der Waals surface area contributed by atoms with Gasteiger partial charge in [0.1, 0.15) is 6.04 Å². The van der Waals surface area contributed by atoms with Gasteiger partial charge in [-0.15, -0.1) is 0 Å². The number of carboxylic acids is 1. The number of Topliss-reactive ketones (excluding diaryl/α,β-unsaturated/α-hetero) is 1. The van der Waals surface area contributed by atoms with Gasteiger partial charge in [0.2, 0.25) is 5.78 Å². The molecule has 0 radical (unpaired) electrons. The predicted molar refractivity (Wildman–Crippen MR) is 75.5 cm³/mol. The van der Waals surface area contributed by atoms with Gasteiger partial charge in [0.15, 0.2) is 6.29 Å². The molecule has 19 heavy (non-hydrogen) atoms. The van der Waals surface area contributed by atoms with Gasteiger partial charge in [0.25, 0.3) is 0 Å². The van der Waals surface area contributed by atoms with E-state index in [-0.39, 0.29) is 0 Å². The van der Waals surface area contributed by atoms with Crippen LogP contribution in [0.25, 0.3) is 0 Å². The van der Waals surface area contributed by atoms with Crippen LogP contribution in [-0.4, -0.2) is 33.9 Å². The molecule has 1 aromatic carbocycles. The number of thiol groups is 1. The van der Waals surface area contributed by atoms with Crippen LogP contribution in [0.4, 0.5) is 0 Å². The van der Waals surface area contributed by atoms with Crippen LogP contribution < -0.4 is 5.73 Å². The van der Waals surface area contributed by atoms with Crippen LogP contribution in [0, 0.1) is 0 Å². The van der Waals surface area contributed by atoms with E-state index >= 15 is 0 Å². The van der Waals surface area contributed by atoms with E-state index in [0.717, 1.165) is 0 Å². The lowest BCUT2D eigenvalue weighted by molar-refractivity contribution is -0.139. The number of hydrogen-bond acceptors (Lipinski definition) is 5. The first-order valence-corrected chi connectivity index (χ1v) is 5.90. The van der Waals surface area contributed by atoms with E-state index in [0.29, 0.717) is 11.8 Å². The Morgan fingerprint density at radius 2 is 1.79 bits per heavy atom. The summed E-state index contributed by atoms with van der Waals surface area (Å²) >= 11 is 3.98. The summed E-state index contributed by atoms with van der Waals surface area (Å²) < 4.78 is -0.647. The average Bonchev–Trinajstić information content (AvgIpc) is 2.37. The van der Waals surface area contributed by atoms with Crippen LogP contribution in [0.15, 0.2) is 30.3 Å². The van der Waals surface area contributed by atoms with Crippen molar-refractivity contribution in [2.45, 2.75) is 24.6 Å². The first-order valence-electron chi connectivity index (χ1n) is 5.45. The molecule has 104 valence electrons. The highest BCUT2D eigenvalue weighted by Gasteiger charge is 2.27. The van der Waals surface area contributed by atoms with Gasteiger partial charge in [-0.3, -0.25) is 14.4 Å². The number of ketones is 1. The van der Waals surface area contributed by atoms with Gasteiger partial charge in [0.05, 0.1) is 0 Å². The van der Waals surface area contributed by atoms with Crippen LogP contribution >= 0.6 is 12.6 Å². The standard InChI is InChI=1S/C8H6O2.C5H11NO2S/c9-6-8(10)7-4-2-1-3-5-7;1-5(2,9)3(6)4(7)8/h1-6H;3,9H,6H2,1-2H3,(H,7,8)/t;3-/m.0/s1. The summed E-state index contributed by atoms with van der Waals surface area (Å²) in [5, 5.41) is 8.34. The van der Waals surface area contributed by atoms with Crippen molar-refractivity contribution >= 4 is 30.7 Å². The number of aldehydes is 1. The molecule has 0 spiro atoms. The molecule has 1 rings (SSSR count). The Balaban J connectivity index is 0.000000344. The third-order valence-electron chi connectivity index (χ3n) is 2.19. The minimum Gasteiger partial charge on any atom is -0.480 e. The maximum Gasteiger partial charge on any atom is 0.321 e. The second-order valence-corrected chi connectivity index (χ2v) is 5.47. The Kier molecular flexibility index (Phi) is 7.03. The summed E-state index contributed by atoms with van der Waals surface area (Å²) in [6.07, 6.45) is 0.315. The van der Waals surface area contributed by atoms with Crippen molar-refractivity contribution in [2.75, 3.05) is 0 Å². The summed E-state index contributed by atoms with van der Waals surface area (Å²) in [4.78, 5) is 30.8. The minimum absolute atomic E-state index is 0.315. The monoisotopic (exact) mass is 283 g/mol. The number of carboxylic acid groups (broad SMARTS) is 1. The molecule has 0 heterocycles. The number of carbonyl (C=O) groups is 3. The highest BCUT2D eigenvalue weighted by atomic mass is 32.1. The number of rotatable bonds is 4. The Labute approximate surface area is 117 Å². The van der Waals surface area contributed by atoms with Gasteiger partial charge in [0, 0.05) is 10.3 Å². The molecular formula is C13H17NO4S. The Morgan fingerprint density at radius 3 is 2.05 bits per heavy atom. The minimum atomic E-state index is -1.02. The van der Waals surface area contributed by atoms with Crippen molar-refractivity contribution in [1.29, 1.82) is 0 Å². The van der Waals surface area contributed by atoms with E-state index < -0.39 is 22.5 Å². The molecule has 0 bridgehead atoms. The second kappa shape index (κ2) is 7.70. The van der Waals surface area contributed by atoms with Gasteiger partial charge in [-0.05, 0) is 13.8 Å². The Bertz CT molecular complexity index is 440. The van der Waals surface area contributed by atoms with E-state index in [2.05, 4.69) is 12.6 Å². The van der Waals surface area contributed by atoms with Crippen LogP contribution in [0.1, 0.15) is 24.2 Å². The maximum atomic E-state index is 10.6. The first-order chi connectivity index (χ1) is 8.70. The van der Waals surface area contributed by atoms with E-state index in [1.165, 1.54) is 0 Å². The zero-order chi connectivity index (χ0) is 15.1. The highest BCUT2D eigenvalue weighted by Crippen LogP contribution is 2.15. The number of hydrogen-bond donors (Lipinski definition) is 3. The molecule has 0 aliphatic carbocycles. The SMILES string of the molecule is CC(C)(S)[C@@H](N)C(=O)O.O=CC(=O)c1ccccc1. The lowest BCUT2D eigenvalue weighted by Gasteiger charge is -2.21. The molecule has 0 saturated heterocycles. The Morgan fingerprint density at radius 1 is 1.32 bits per heavy atom. The molecule has 1 aromatic rings. The highest BCUT2D eigenvalue weighted by molar-refractivity contribution is 7.81. The van der Waals surface area contributed by atoms with E-state index in [9.17, 15) is 14.4 Å². The summed E-state index contributed by atoms with van der Waals surface area (Å²) in [5.41, 5.74) is 5.66. The first kappa shape index (κ1) is 17.3. The molecule has 3 N–H and O–H groups in total. The summed E-state index contributed by atoms with van der Waals surface area (Å²) in [7, 11) is 0. The summed E-state index contributed by atoms with van der Waals surface area (Å²) in [6, 6.07) is 7.54. The fraction of sp³-hybridized carbons (Fsp3) is 0.308. The molecule has 0 aliphatic rings. The number of benzene rings is 1. The molecule has 0 amide bonds. The summed E-state index contributed by atoms with van der Waals surface area (Å²) in [5.74, 6) is -1.49. The fourth-order valence-corrected chi connectivity index (χ4v) is 1.08. The van der Waals surface area contributed by atoms with Gasteiger partial charge < -0.3 is 10.8 Å². The van der Waals surface area contributed by atoms with E-state index in [1.807, 2.05) is 0 Å². The number of carbonyl (C=O) groups excluding carboxylic acids is 2. The van der Waals surface area contributed by atoms with E-state index in [4.69, 9.17) is 10.8 Å². The van der Waals surface area contributed by atoms with Gasteiger partial charge in [-0.25, -0.2) is 0 Å². The smallest absolute Gasteiger partial charge is 0.321 e. The molecular weight excluding hydrogens is 266 g/mol. The molecule has 0 saturated carbocycles. The van der Waals surface area contributed by atoms with Gasteiger partial charge in [-0.1, -0.05) is 30.3 Å². The van der Waals surface area contributed by atoms with Crippen LogP contribution in [0.2, 0.25) is 0 Å². The molecule has 0 aliphatic heterocycles. The van der Waals surface area contributed by atoms with Crippen LogP contribution in [-0.2, 0) is 9.59 Å². The molecule has 1 atom stereocenters. The van der Waals surface area contributed by atoms with Gasteiger partial charge >= 0.3 is 5.97 Å². The zero-order valence-electron chi connectivity index (χ0n) is 10.7. The molecule has 0 unspecified atom stereocenters. The molecule has 0 fully saturated rings. The van der Waals surface area contributed by atoms with Crippen molar-refractivity contribution in [3.05, 3.63) is 35.9 Å². The average molecular weight is 283 g/mol. The zero-order valence-corrected chi connectivity index (χ0v) is 11.6. The van der Waals surface area contributed by atoms with Gasteiger partial charge in [-0.2, -0.15) is 12.6 Å². The lowest BCUT2D eigenvalue weighted by atomic mass is 10.1. The number of nitrogens with two attached hydrogens (primary N) is 1. The number of aliphatic carboxylic acids is 1.